The molecule has 0 heterocycles. The number of rotatable bonds is 7. The van der Waals surface area contributed by atoms with Crippen LogP contribution >= 0.6 is 0 Å². The molecule has 2 aromatic carbocycles. The highest BCUT2D eigenvalue weighted by Crippen LogP contribution is 2.31. The monoisotopic (exact) mass is 385 g/mol. The quantitative estimate of drug-likeness (QED) is 0.682. The van der Waals surface area contributed by atoms with Gasteiger partial charge in [-0.2, -0.15) is 0 Å². The van der Waals surface area contributed by atoms with E-state index in [1.165, 1.54) is 0 Å². The molecule has 6 heteroatoms. The number of aliphatic hydroxyl groups is 2. The summed E-state index contributed by atoms with van der Waals surface area (Å²) in [5.41, 5.74) is 1.87. The van der Waals surface area contributed by atoms with E-state index in [1.54, 1.807) is 7.11 Å². The Hall–Kier alpha value is -2.57. The number of alkyl carbamates (subject to hydrolysis) is 1. The van der Waals surface area contributed by atoms with Crippen molar-refractivity contribution in [1.82, 2.24) is 5.32 Å². The Morgan fingerprint density at radius 2 is 1.68 bits per heavy atom. The summed E-state index contributed by atoms with van der Waals surface area (Å²) < 4.78 is 10.5. The van der Waals surface area contributed by atoms with Crippen molar-refractivity contribution in [1.29, 1.82) is 0 Å². The van der Waals surface area contributed by atoms with Crippen molar-refractivity contribution >= 4 is 6.09 Å². The van der Waals surface area contributed by atoms with E-state index < -0.39 is 30.3 Å². The number of nitrogens with one attached hydrogen (secondary N) is 1. The molecule has 1 saturated carbocycles. The van der Waals surface area contributed by atoms with E-state index in [9.17, 15) is 15.0 Å². The number of hydrogen-bond donors (Lipinski definition) is 3. The van der Waals surface area contributed by atoms with Gasteiger partial charge in [-0.05, 0) is 42.5 Å². The minimum Gasteiger partial charge on any atom is -0.497 e. The van der Waals surface area contributed by atoms with Crippen molar-refractivity contribution in [2.45, 2.75) is 44.1 Å². The molecule has 150 valence electrons. The van der Waals surface area contributed by atoms with Crippen molar-refractivity contribution in [2.24, 2.45) is 5.92 Å². The van der Waals surface area contributed by atoms with Gasteiger partial charge in [0.1, 0.15) is 12.4 Å². The molecule has 0 saturated heterocycles. The van der Waals surface area contributed by atoms with Crippen molar-refractivity contribution in [2.75, 3.05) is 7.11 Å². The lowest BCUT2D eigenvalue weighted by Gasteiger charge is -2.29. The number of carbonyl (C=O) groups is 1. The second-order valence-corrected chi connectivity index (χ2v) is 7.15. The van der Waals surface area contributed by atoms with E-state index in [-0.39, 0.29) is 6.61 Å². The molecule has 2 aromatic rings. The molecule has 6 nitrogen and oxygen atoms in total. The average molecular weight is 385 g/mol. The molecule has 0 bridgehead atoms. The third-order valence-corrected chi connectivity index (χ3v) is 5.24. The van der Waals surface area contributed by atoms with Gasteiger partial charge in [0.2, 0.25) is 0 Å². The fourth-order valence-electron chi connectivity index (χ4n) is 3.73. The summed E-state index contributed by atoms with van der Waals surface area (Å²) in [5, 5.41) is 23.5. The molecule has 0 aromatic heterocycles. The first-order chi connectivity index (χ1) is 13.6. The lowest BCUT2D eigenvalue weighted by Crippen LogP contribution is -2.48. The number of amides is 1. The molecule has 3 atom stereocenters. The summed E-state index contributed by atoms with van der Waals surface area (Å²) in [5.74, 6) is 0.308. The van der Waals surface area contributed by atoms with Crippen molar-refractivity contribution in [3.05, 3.63) is 65.7 Å². The van der Waals surface area contributed by atoms with Gasteiger partial charge in [0.25, 0.3) is 0 Å². The molecule has 1 fully saturated rings. The van der Waals surface area contributed by atoms with Crippen molar-refractivity contribution in [3.63, 3.8) is 0 Å². The van der Waals surface area contributed by atoms with Gasteiger partial charge in [0, 0.05) is 12.0 Å². The predicted molar refractivity (Wildman–Crippen MR) is 105 cm³/mol. The van der Waals surface area contributed by atoms with E-state index in [0.29, 0.717) is 19.3 Å². The summed E-state index contributed by atoms with van der Waals surface area (Å²) in [6.07, 6.45) is -0.366. The normalized spacial score (nSPS) is 20.5. The molecule has 0 aliphatic heterocycles. The summed E-state index contributed by atoms with van der Waals surface area (Å²) in [6.45, 7) is 0.164. The zero-order chi connectivity index (χ0) is 19.9. The Morgan fingerprint density at radius 1 is 1.04 bits per heavy atom. The maximum absolute atomic E-state index is 12.4. The van der Waals surface area contributed by atoms with Crippen LogP contribution in [0.3, 0.4) is 0 Å². The Morgan fingerprint density at radius 3 is 2.29 bits per heavy atom. The van der Waals surface area contributed by atoms with E-state index in [0.717, 1.165) is 16.9 Å². The molecule has 1 amide bonds. The fourth-order valence-corrected chi connectivity index (χ4v) is 3.73. The molecule has 0 radical (unpaired) electrons. The van der Waals surface area contributed by atoms with Crippen LogP contribution in [0.15, 0.2) is 54.6 Å². The summed E-state index contributed by atoms with van der Waals surface area (Å²) >= 11 is 0. The van der Waals surface area contributed by atoms with Gasteiger partial charge in [-0.25, -0.2) is 4.79 Å². The molecule has 28 heavy (non-hydrogen) atoms. The maximum Gasteiger partial charge on any atom is 0.407 e. The van der Waals surface area contributed by atoms with Gasteiger partial charge >= 0.3 is 6.09 Å². The highest BCUT2D eigenvalue weighted by atomic mass is 16.5. The van der Waals surface area contributed by atoms with Crippen LogP contribution in [0.1, 0.15) is 24.0 Å². The SMILES string of the molecule is COc1ccc(C[C@H](NC(=O)OCc2ccccc2)C2[C@@H](O)CC[C@@H]2O)cc1. The molecule has 1 aliphatic carbocycles. The lowest BCUT2D eigenvalue weighted by atomic mass is 9.89. The zero-order valence-corrected chi connectivity index (χ0v) is 16.0. The number of aliphatic hydroxyl groups excluding tert-OH is 2. The zero-order valence-electron chi connectivity index (χ0n) is 16.0. The Labute approximate surface area is 165 Å². The van der Waals surface area contributed by atoms with E-state index in [1.807, 2.05) is 54.6 Å². The van der Waals surface area contributed by atoms with Gasteiger partial charge < -0.3 is 25.0 Å². The minimum absolute atomic E-state index is 0.164. The van der Waals surface area contributed by atoms with Gasteiger partial charge in [0.15, 0.2) is 0 Å². The second-order valence-electron chi connectivity index (χ2n) is 7.15. The predicted octanol–water partition coefficient (Wildman–Crippen LogP) is 2.66. The van der Waals surface area contributed by atoms with E-state index >= 15 is 0 Å². The van der Waals surface area contributed by atoms with Gasteiger partial charge in [-0.3, -0.25) is 0 Å². The Bertz CT molecular complexity index is 739. The molecular weight excluding hydrogens is 358 g/mol. The number of ether oxygens (including phenoxy) is 2. The standard InChI is InChI=1S/C22H27NO5/c1-27-17-9-7-15(8-10-17)13-18(21-19(24)11-12-20(21)25)23-22(26)28-14-16-5-3-2-4-6-16/h2-10,18-21,24-25H,11-14H2,1H3,(H,23,26)/t18-,19-,20-/m0/s1. The van der Waals surface area contributed by atoms with Crippen LogP contribution < -0.4 is 10.1 Å². The minimum atomic E-state index is -0.660. The van der Waals surface area contributed by atoms with Crippen LogP contribution in [0.25, 0.3) is 0 Å². The van der Waals surface area contributed by atoms with Crippen molar-refractivity contribution < 1.29 is 24.5 Å². The summed E-state index contributed by atoms with van der Waals surface area (Å²) in [4.78, 5) is 12.4. The molecule has 3 N–H and O–H groups in total. The molecule has 0 spiro atoms. The first-order valence-electron chi connectivity index (χ1n) is 9.53. The largest absolute Gasteiger partial charge is 0.497 e. The molecule has 0 unspecified atom stereocenters. The van der Waals surface area contributed by atoms with Gasteiger partial charge in [-0.1, -0.05) is 42.5 Å². The van der Waals surface area contributed by atoms with Gasteiger partial charge in [0.05, 0.1) is 19.3 Å². The lowest BCUT2D eigenvalue weighted by molar-refractivity contribution is 0.0395. The van der Waals surface area contributed by atoms with Crippen LogP contribution in [0, 0.1) is 5.92 Å². The van der Waals surface area contributed by atoms with Crippen LogP contribution in [0.2, 0.25) is 0 Å². The summed E-state index contributed by atoms with van der Waals surface area (Å²) in [7, 11) is 1.60. The van der Waals surface area contributed by atoms with E-state index in [4.69, 9.17) is 9.47 Å². The Balaban J connectivity index is 1.67. The molecular formula is C22H27NO5. The first kappa shape index (κ1) is 20.2. The van der Waals surface area contributed by atoms with Crippen LogP contribution in [-0.2, 0) is 17.8 Å². The van der Waals surface area contributed by atoms with Crippen LogP contribution in [-0.4, -0.2) is 41.7 Å². The van der Waals surface area contributed by atoms with Crippen molar-refractivity contribution in [3.8, 4) is 5.75 Å². The van der Waals surface area contributed by atoms with Crippen LogP contribution in [0.5, 0.6) is 5.75 Å². The smallest absolute Gasteiger partial charge is 0.407 e. The number of hydrogen-bond acceptors (Lipinski definition) is 5. The van der Waals surface area contributed by atoms with Crippen LogP contribution in [0.4, 0.5) is 4.79 Å². The Kier molecular flexibility index (Phi) is 6.90. The highest BCUT2D eigenvalue weighted by molar-refractivity contribution is 5.67. The first-order valence-corrected chi connectivity index (χ1v) is 9.53. The highest BCUT2D eigenvalue weighted by Gasteiger charge is 2.40. The third kappa shape index (κ3) is 5.24. The fraction of sp³-hybridized carbons (Fsp3) is 0.409. The number of benzene rings is 2. The summed E-state index contributed by atoms with van der Waals surface area (Å²) in [6, 6.07) is 16.5. The average Bonchev–Trinajstić information content (AvgIpc) is 3.05. The number of carbonyl (C=O) groups excluding carboxylic acids is 1. The second kappa shape index (κ2) is 9.57. The van der Waals surface area contributed by atoms with E-state index in [2.05, 4.69) is 5.32 Å². The molecule has 3 rings (SSSR count). The molecule has 1 aliphatic rings. The van der Waals surface area contributed by atoms with Gasteiger partial charge in [-0.15, -0.1) is 0 Å². The maximum atomic E-state index is 12.4. The topological polar surface area (TPSA) is 88.0 Å². The number of methoxy groups -OCH3 is 1. The third-order valence-electron chi connectivity index (χ3n) is 5.24.